The van der Waals surface area contributed by atoms with E-state index in [1.807, 2.05) is 0 Å². The molecule has 0 spiro atoms. The third kappa shape index (κ3) is 3.99. The van der Waals surface area contributed by atoms with Gasteiger partial charge in [0.15, 0.2) is 0 Å². The van der Waals surface area contributed by atoms with E-state index >= 15 is 0 Å². The number of non-ortho nitro benzene ring substituents is 1. The zero-order valence-electron chi connectivity index (χ0n) is 13.4. The summed E-state index contributed by atoms with van der Waals surface area (Å²) in [4.78, 5) is 21.0. The Balaban J connectivity index is 1.64. The Morgan fingerprint density at radius 1 is 1.04 bits per heavy atom. The van der Waals surface area contributed by atoms with E-state index in [1.54, 1.807) is 24.3 Å². The van der Waals surface area contributed by atoms with Crippen LogP contribution in [0.1, 0.15) is 16.1 Å². The summed E-state index contributed by atoms with van der Waals surface area (Å²) in [5.74, 6) is 0.207. The molecule has 0 saturated carbocycles. The van der Waals surface area contributed by atoms with E-state index in [4.69, 9.17) is 9.52 Å². The minimum absolute atomic E-state index is 0.00598. The molecule has 0 unspecified atom stereocenters. The summed E-state index contributed by atoms with van der Waals surface area (Å²) < 4.78 is 5.67. The number of nitro benzene ring substituents is 1. The lowest BCUT2D eigenvalue weighted by Crippen LogP contribution is -1.94. The number of aromatic carboxylic acids is 1. The van der Waals surface area contributed by atoms with Crippen molar-refractivity contribution in [1.82, 2.24) is 0 Å². The number of carboxylic acid groups (broad SMARTS) is 1. The summed E-state index contributed by atoms with van der Waals surface area (Å²) >= 11 is 0. The van der Waals surface area contributed by atoms with Crippen LogP contribution in [0.4, 0.5) is 11.4 Å². The molecule has 8 nitrogen and oxygen atoms in total. The molecular formula is C18H13N3O5. The Labute approximate surface area is 147 Å². The predicted octanol–water partition coefficient (Wildman–Crippen LogP) is 4.84. The maximum atomic E-state index is 10.9. The number of nitro groups is 1. The zero-order valence-corrected chi connectivity index (χ0v) is 13.4. The Hall–Kier alpha value is -3.81. The fourth-order valence-electron chi connectivity index (χ4n) is 2.22. The molecule has 0 aliphatic rings. The molecule has 3 aromatic rings. The summed E-state index contributed by atoms with van der Waals surface area (Å²) in [5, 5.41) is 27.5. The van der Waals surface area contributed by atoms with E-state index in [2.05, 4.69) is 10.2 Å². The molecule has 0 radical (unpaired) electrons. The van der Waals surface area contributed by atoms with Gasteiger partial charge >= 0.3 is 5.97 Å². The van der Waals surface area contributed by atoms with E-state index < -0.39 is 10.9 Å². The third-order valence-electron chi connectivity index (χ3n) is 3.55. The lowest BCUT2D eigenvalue weighted by atomic mass is 10.1. The molecule has 0 bridgehead atoms. The second-order valence-electron chi connectivity index (χ2n) is 5.32. The third-order valence-corrected chi connectivity index (χ3v) is 3.55. The lowest BCUT2D eigenvalue weighted by Gasteiger charge is -1.98. The topological polar surface area (TPSA) is 118 Å². The van der Waals surface area contributed by atoms with Crippen LogP contribution in [-0.2, 0) is 6.54 Å². The van der Waals surface area contributed by atoms with Crippen LogP contribution >= 0.6 is 0 Å². The fraction of sp³-hybridized carbons (Fsp3) is 0.0556. The molecule has 26 heavy (non-hydrogen) atoms. The minimum Gasteiger partial charge on any atom is -0.478 e. The number of furan rings is 1. The SMILES string of the molecule is O=C(O)c1ccc(-c2ccc(CN=Nc3ccc([N+](=O)[O-])cc3)o2)cc1. The first kappa shape index (κ1) is 17.0. The number of hydrogen-bond donors (Lipinski definition) is 1. The van der Waals surface area contributed by atoms with Gasteiger partial charge in [-0.2, -0.15) is 10.2 Å². The van der Waals surface area contributed by atoms with Gasteiger partial charge in [-0.3, -0.25) is 10.1 Å². The predicted molar refractivity (Wildman–Crippen MR) is 92.4 cm³/mol. The van der Waals surface area contributed by atoms with Crippen LogP contribution in [-0.4, -0.2) is 16.0 Å². The van der Waals surface area contributed by atoms with Gasteiger partial charge in [0, 0.05) is 17.7 Å². The average molecular weight is 351 g/mol. The number of carboxylic acids is 1. The molecule has 1 aromatic heterocycles. The number of hydrogen-bond acceptors (Lipinski definition) is 6. The van der Waals surface area contributed by atoms with Crippen LogP contribution < -0.4 is 0 Å². The van der Waals surface area contributed by atoms with Crippen molar-refractivity contribution >= 4 is 17.3 Å². The Morgan fingerprint density at radius 3 is 2.35 bits per heavy atom. The summed E-state index contributed by atoms with van der Waals surface area (Å²) in [6.45, 7) is 0.212. The van der Waals surface area contributed by atoms with Crippen LogP contribution in [0.5, 0.6) is 0 Å². The van der Waals surface area contributed by atoms with E-state index in [0.717, 1.165) is 5.56 Å². The largest absolute Gasteiger partial charge is 0.478 e. The lowest BCUT2D eigenvalue weighted by molar-refractivity contribution is -0.384. The maximum Gasteiger partial charge on any atom is 0.335 e. The van der Waals surface area contributed by atoms with Crippen molar-refractivity contribution in [2.75, 3.05) is 0 Å². The van der Waals surface area contributed by atoms with Gasteiger partial charge in [-0.25, -0.2) is 4.79 Å². The summed E-state index contributed by atoms with van der Waals surface area (Å²) in [5.41, 5.74) is 1.46. The molecule has 130 valence electrons. The van der Waals surface area contributed by atoms with Gasteiger partial charge in [-0.15, -0.1) is 0 Å². The van der Waals surface area contributed by atoms with Crippen molar-refractivity contribution in [2.45, 2.75) is 6.54 Å². The quantitative estimate of drug-likeness (QED) is 0.387. The summed E-state index contributed by atoms with van der Waals surface area (Å²) in [7, 11) is 0. The van der Waals surface area contributed by atoms with Crippen LogP contribution in [0, 0.1) is 10.1 Å². The number of rotatable bonds is 6. The zero-order chi connectivity index (χ0) is 18.5. The first-order chi connectivity index (χ1) is 12.5. The van der Waals surface area contributed by atoms with E-state index in [-0.39, 0.29) is 17.8 Å². The van der Waals surface area contributed by atoms with Gasteiger partial charge in [-0.05, 0) is 36.4 Å². The molecule has 2 aromatic carbocycles. The molecular weight excluding hydrogens is 338 g/mol. The highest BCUT2D eigenvalue weighted by molar-refractivity contribution is 5.88. The molecule has 1 heterocycles. The number of carbonyl (C=O) groups is 1. The monoisotopic (exact) mass is 351 g/mol. The van der Waals surface area contributed by atoms with E-state index in [0.29, 0.717) is 17.2 Å². The van der Waals surface area contributed by atoms with Crippen molar-refractivity contribution in [3.05, 3.63) is 82.1 Å². The van der Waals surface area contributed by atoms with Crippen LogP contribution in [0.25, 0.3) is 11.3 Å². The fourth-order valence-corrected chi connectivity index (χ4v) is 2.22. The molecule has 0 atom stereocenters. The van der Waals surface area contributed by atoms with Crippen molar-refractivity contribution < 1.29 is 19.2 Å². The Morgan fingerprint density at radius 2 is 1.73 bits per heavy atom. The van der Waals surface area contributed by atoms with E-state index in [9.17, 15) is 14.9 Å². The highest BCUT2D eigenvalue weighted by Crippen LogP contribution is 2.24. The number of benzene rings is 2. The second kappa shape index (κ2) is 7.39. The smallest absolute Gasteiger partial charge is 0.335 e. The second-order valence-corrected chi connectivity index (χ2v) is 5.32. The van der Waals surface area contributed by atoms with Crippen molar-refractivity contribution in [3.8, 4) is 11.3 Å². The molecule has 0 amide bonds. The highest BCUT2D eigenvalue weighted by Gasteiger charge is 2.07. The Kier molecular flexibility index (Phi) is 4.84. The van der Waals surface area contributed by atoms with Gasteiger partial charge in [0.25, 0.3) is 5.69 Å². The van der Waals surface area contributed by atoms with Gasteiger partial charge < -0.3 is 9.52 Å². The van der Waals surface area contributed by atoms with Gasteiger partial charge in [0.2, 0.25) is 0 Å². The first-order valence-corrected chi connectivity index (χ1v) is 7.57. The van der Waals surface area contributed by atoms with Crippen molar-refractivity contribution in [3.63, 3.8) is 0 Å². The highest BCUT2D eigenvalue weighted by atomic mass is 16.6. The van der Waals surface area contributed by atoms with Gasteiger partial charge in [0.1, 0.15) is 18.1 Å². The number of nitrogens with zero attached hydrogens (tertiary/aromatic N) is 3. The minimum atomic E-state index is -0.983. The van der Waals surface area contributed by atoms with E-state index in [1.165, 1.54) is 36.4 Å². The first-order valence-electron chi connectivity index (χ1n) is 7.57. The molecule has 8 heteroatoms. The molecule has 0 fully saturated rings. The maximum absolute atomic E-state index is 10.9. The Bertz CT molecular complexity index is 959. The standard InChI is InChI=1S/C18H13N3O5/c22-18(23)13-3-1-12(2-4-13)17-10-9-16(26-17)11-19-20-14-5-7-15(8-6-14)21(24)25/h1-10H,11H2,(H,22,23). The molecule has 0 aliphatic carbocycles. The van der Waals surface area contributed by atoms with Crippen LogP contribution in [0.2, 0.25) is 0 Å². The van der Waals surface area contributed by atoms with Gasteiger partial charge in [0.05, 0.1) is 16.2 Å². The van der Waals surface area contributed by atoms with Gasteiger partial charge in [-0.1, -0.05) is 12.1 Å². The average Bonchev–Trinajstić information content (AvgIpc) is 3.11. The summed E-state index contributed by atoms with van der Waals surface area (Å²) in [6.07, 6.45) is 0. The van der Waals surface area contributed by atoms with Crippen molar-refractivity contribution in [1.29, 1.82) is 0 Å². The van der Waals surface area contributed by atoms with Crippen LogP contribution in [0.3, 0.4) is 0 Å². The van der Waals surface area contributed by atoms with Crippen molar-refractivity contribution in [2.24, 2.45) is 10.2 Å². The molecule has 3 rings (SSSR count). The molecule has 1 N–H and O–H groups in total. The number of azo groups is 1. The summed E-state index contributed by atoms with van der Waals surface area (Å²) in [6, 6.07) is 15.6. The van der Waals surface area contributed by atoms with Crippen LogP contribution in [0.15, 0.2) is 75.3 Å². The molecule has 0 saturated heterocycles. The molecule has 0 aliphatic heterocycles. The normalized spacial score (nSPS) is 10.9.